The average molecular weight is 407 g/mol. The summed E-state index contributed by atoms with van der Waals surface area (Å²) in [5.74, 6) is 0. The number of likely N-dealkylation sites (tertiary alicyclic amines) is 1. The minimum atomic E-state index is -4.37. The third-order valence-corrected chi connectivity index (χ3v) is 4.43. The quantitative estimate of drug-likeness (QED) is 0.495. The molecule has 0 bridgehead atoms. The molecule has 0 radical (unpaired) electrons. The van der Waals surface area contributed by atoms with Crippen LogP contribution in [0.3, 0.4) is 0 Å². The van der Waals surface area contributed by atoms with Crippen LogP contribution in [-0.2, 0) is 22.3 Å². The van der Waals surface area contributed by atoms with Gasteiger partial charge in [0.15, 0.2) is 0 Å². The molecule has 1 aromatic carbocycles. The Balaban J connectivity index is 1.64. The van der Waals surface area contributed by atoms with Crippen LogP contribution < -0.4 is 4.74 Å². The van der Waals surface area contributed by atoms with Gasteiger partial charge in [0.2, 0.25) is 0 Å². The van der Waals surface area contributed by atoms with Crippen molar-refractivity contribution in [2.75, 3.05) is 19.6 Å². The zero-order valence-electron chi connectivity index (χ0n) is 15.5. The number of alkyl halides is 3. The van der Waals surface area contributed by atoms with Crippen LogP contribution in [0.25, 0.3) is 0 Å². The van der Waals surface area contributed by atoms with E-state index in [2.05, 4.69) is 16.5 Å². The number of carbonyl (C=O) groups is 1. The third kappa shape index (κ3) is 5.85. The smallest absolute Gasteiger partial charge is 0.416 e. The molecule has 0 unspecified atom stereocenters. The fourth-order valence-corrected chi connectivity index (χ4v) is 3.02. The van der Waals surface area contributed by atoms with Crippen molar-refractivity contribution in [2.24, 2.45) is 0 Å². The predicted octanol–water partition coefficient (Wildman–Crippen LogP) is 2.90. The van der Waals surface area contributed by atoms with E-state index in [4.69, 9.17) is 9.47 Å². The van der Waals surface area contributed by atoms with Crippen molar-refractivity contribution >= 4 is 6.29 Å². The van der Waals surface area contributed by atoms with Crippen LogP contribution in [0.5, 0.6) is 6.01 Å². The molecule has 0 aliphatic carbocycles. The van der Waals surface area contributed by atoms with E-state index in [-0.39, 0.29) is 18.7 Å². The van der Waals surface area contributed by atoms with Gasteiger partial charge in [0.05, 0.1) is 12.2 Å². The molecule has 2 atom stereocenters. The van der Waals surface area contributed by atoms with E-state index in [1.807, 2.05) is 4.90 Å². The Kier molecular flexibility index (Phi) is 6.60. The number of aldehydes is 1. The molecule has 6 nitrogen and oxygen atoms in total. The van der Waals surface area contributed by atoms with Crippen LogP contribution in [0.1, 0.15) is 11.1 Å². The number of hydrogen-bond acceptors (Lipinski definition) is 6. The van der Waals surface area contributed by atoms with Gasteiger partial charge >= 0.3 is 12.2 Å². The molecule has 2 aromatic rings. The summed E-state index contributed by atoms with van der Waals surface area (Å²) in [7, 11) is 0. The molecule has 154 valence electrons. The topological polar surface area (TPSA) is 64.6 Å². The van der Waals surface area contributed by atoms with Gasteiger partial charge in [0.1, 0.15) is 18.5 Å². The maximum absolute atomic E-state index is 12.7. The largest absolute Gasteiger partial charge is 0.456 e. The average Bonchev–Trinajstić information content (AvgIpc) is 3.07. The fraction of sp³-hybridized carbons (Fsp3) is 0.350. The van der Waals surface area contributed by atoms with Crippen molar-refractivity contribution in [3.05, 3.63) is 66.0 Å². The van der Waals surface area contributed by atoms with E-state index in [0.717, 1.165) is 12.1 Å². The van der Waals surface area contributed by atoms with Gasteiger partial charge in [-0.3, -0.25) is 9.69 Å². The van der Waals surface area contributed by atoms with Gasteiger partial charge in [0.25, 0.3) is 0 Å². The molecule has 1 saturated heterocycles. The maximum Gasteiger partial charge on any atom is 0.416 e. The van der Waals surface area contributed by atoms with Crippen LogP contribution in [0.15, 0.2) is 54.9 Å². The molecule has 29 heavy (non-hydrogen) atoms. The highest BCUT2D eigenvalue weighted by Crippen LogP contribution is 2.29. The summed E-state index contributed by atoms with van der Waals surface area (Å²) >= 11 is 0. The van der Waals surface area contributed by atoms with E-state index >= 15 is 0 Å². The highest BCUT2D eigenvalue weighted by atomic mass is 19.4. The molecule has 0 saturated carbocycles. The Morgan fingerprint density at radius 1 is 1.17 bits per heavy atom. The van der Waals surface area contributed by atoms with Gasteiger partial charge in [-0.25, -0.2) is 9.97 Å². The lowest BCUT2D eigenvalue weighted by atomic mass is 10.1. The van der Waals surface area contributed by atoms with Crippen LogP contribution in [-0.4, -0.2) is 53.0 Å². The third-order valence-electron chi connectivity index (χ3n) is 4.43. The van der Waals surface area contributed by atoms with Gasteiger partial charge in [-0.15, -0.1) is 0 Å². The lowest BCUT2D eigenvalue weighted by molar-refractivity contribution is -0.137. The number of rotatable bonds is 8. The zero-order valence-corrected chi connectivity index (χ0v) is 15.5. The first-order chi connectivity index (χ1) is 13.8. The predicted molar refractivity (Wildman–Crippen MR) is 98.1 cm³/mol. The van der Waals surface area contributed by atoms with Crippen molar-refractivity contribution in [1.29, 1.82) is 0 Å². The van der Waals surface area contributed by atoms with Crippen molar-refractivity contribution < 1.29 is 27.4 Å². The number of benzene rings is 1. The number of carbonyl (C=O) groups excluding carboxylic acids is 1. The second-order valence-electron chi connectivity index (χ2n) is 6.70. The summed E-state index contributed by atoms with van der Waals surface area (Å²) in [4.78, 5) is 20.9. The van der Waals surface area contributed by atoms with Gasteiger partial charge in [-0.05, 0) is 29.3 Å². The first kappa shape index (κ1) is 20.9. The number of ether oxygens (including phenoxy) is 2. The summed E-state index contributed by atoms with van der Waals surface area (Å²) in [6, 6.07) is 6.70. The molecule has 1 aromatic heterocycles. The molecule has 0 spiro atoms. The summed E-state index contributed by atoms with van der Waals surface area (Å²) in [6.45, 7) is 5.14. The Morgan fingerprint density at radius 2 is 1.83 bits per heavy atom. The van der Waals surface area contributed by atoms with E-state index in [1.165, 1.54) is 12.1 Å². The van der Waals surface area contributed by atoms with E-state index in [9.17, 15) is 18.0 Å². The molecular weight excluding hydrogens is 387 g/mol. The lowest BCUT2D eigenvalue weighted by Gasteiger charge is -2.19. The van der Waals surface area contributed by atoms with Crippen LogP contribution >= 0.6 is 0 Å². The molecule has 1 fully saturated rings. The van der Waals surface area contributed by atoms with Gasteiger partial charge in [-0.2, -0.15) is 13.2 Å². The first-order valence-electron chi connectivity index (χ1n) is 8.92. The van der Waals surface area contributed by atoms with Crippen LogP contribution in [0.4, 0.5) is 13.2 Å². The number of hydrogen-bond donors (Lipinski definition) is 0. The van der Waals surface area contributed by atoms with E-state index < -0.39 is 17.8 Å². The second kappa shape index (κ2) is 9.15. The Morgan fingerprint density at radius 3 is 2.45 bits per heavy atom. The highest BCUT2D eigenvalue weighted by Gasteiger charge is 2.36. The molecule has 9 heteroatoms. The summed E-state index contributed by atoms with van der Waals surface area (Å²) in [5.41, 5.74) is 0.342. The standard InChI is InChI=1S/C20H20F3N3O3/c1-14(12-27)9-26-10-17(18(11-26)29-19-24-7-2-8-25-19)28-13-15-3-5-16(6-4-15)20(21,22)23/h2-8,12,17-18H,1,9-11,13H2/t17-,18-/m1/s1. The van der Waals surface area contributed by atoms with Crippen molar-refractivity contribution in [3.8, 4) is 6.01 Å². The summed E-state index contributed by atoms with van der Waals surface area (Å²) in [6.07, 6.45) is -1.33. The maximum atomic E-state index is 12.7. The van der Waals surface area contributed by atoms with Crippen LogP contribution in [0.2, 0.25) is 0 Å². The number of nitrogens with zero attached hydrogens (tertiary/aromatic N) is 3. The number of halogens is 3. The Hall–Kier alpha value is -2.78. The molecule has 1 aliphatic heterocycles. The first-order valence-corrected chi connectivity index (χ1v) is 8.92. The van der Waals surface area contributed by atoms with Crippen LogP contribution in [0, 0.1) is 0 Å². The van der Waals surface area contributed by atoms with E-state index in [1.54, 1.807) is 18.5 Å². The summed E-state index contributed by atoms with van der Waals surface area (Å²) < 4.78 is 49.8. The van der Waals surface area contributed by atoms with Crippen molar-refractivity contribution in [1.82, 2.24) is 14.9 Å². The van der Waals surface area contributed by atoms with Gasteiger partial charge in [-0.1, -0.05) is 18.7 Å². The molecule has 0 amide bonds. The molecular formula is C20H20F3N3O3. The molecule has 0 N–H and O–H groups in total. The molecule has 2 heterocycles. The molecule has 1 aliphatic rings. The van der Waals surface area contributed by atoms with Gasteiger partial charge in [0, 0.05) is 32.0 Å². The second-order valence-corrected chi connectivity index (χ2v) is 6.70. The Bertz CT molecular complexity index is 828. The number of aromatic nitrogens is 2. The zero-order chi connectivity index (χ0) is 20.9. The van der Waals surface area contributed by atoms with Crippen molar-refractivity contribution in [2.45, 2.75) is 25.0 Å². The van der Waals surface area contributed by atoms with Crippen molar-refractivity contribution in [3.63, 3.8) is 0 Å². The normalized spacial score (nSPS) is 19.8. The minimum Gasteiger partial charge on any atom is -0.456 e. The summed E-state index contributed by atoms with van der Waals surface area (Å²) in [5, 5.41) is 0. The lowest BCUT2D eigenvalue weighted by Crippen LogP contribution is -2.33. The molecule has 3 rings (SSSR count). The highest BCUT2D eigenvalue weighted by molar-refractivity contribution is 5.72. The van der Waals surface area contributed by atoms with E-state index in [0.29, 0.717) is 37.1 Å². The minimum absolute atomic E-state index is 0.126. The fourth-order valence-electron chi connectivity index (χ4n) is 3.02. The SMILES string of the molecule is C=C(C=O)CN1C[C@@H](OCc2ccc(C(F)(F)F)cc2)[C@H](Oc2ncccn2)C1. The Labute approximate surface area is 166 Å². The monoisotopic (exact) mass is 407 g/mol. The van der Waals surface area contributed by atoms with Gasteiger partial charge < -0.3 is 9.47 Å².